The highest BCUT2D eigenvalue weighted by atomic mass is 79.9. The minimum Gasteiger partial charge on any atom is -0.380 e. The number of halogens is 2. The first-order valence-electron chi connectivity index (χ1n) is 3.45. The second-order valence-electron chi connectivity index (χ2n) is 2.96. The predicted molar refractivity (Wildman–Crippen MR) is 50.0 cm³/mol. The normalized spacial score (nSPS) is 28.8. The van der Waals surface area contributed by atoms with Gasteiger partial charge in [0.2, 0.25) is 0 Å². The Morgan fingerprint density at radius 3 is 1.60 bits per heavy atom. The van der Waals surface area contributed by atoms with Gasteiger partial charge in [0, 0.05) is 15.1 Å². The molecule has 0 aromatic carbocycles. The summed E-state index contributed by atoms with van der Waals surface area (Å²) in [7, 11) is 0. The lowest BCUT2D eigenvalue weighted by atomic mass is 9.80. The fourth-order valence-electron chi connectivity index (χ4n) is 1.11. The fourth-order valence-corrected chi connectivity index (χ4v) is 2.79. The molecular weight excluding hydrogens is 260 g/mol. The summed E-state index contributed by atoms with van der Waals surface area (Å²) in [5.74, 6) is 0. The average Bonchev–Trinajstić information content (AvgIpc) is 1.57. The molecule has 0 N–H and O–H groups in total. The van der Waals surface area contributed by atoms with Crippen LogP contribution < -0.4 is 0 Å². The third kappa shape index (κ3) is 1.28. The Bertz CT molecular complexity index is 109. The number of hydrogen-bond acceptors (Lipinski definition) is 1. The molecule has 2 atom stereocenters. The second kappa shape index (κ2) is 3.11. The van der Waals surface area contributed by atoms with Crippen molar-refractivity contribution < 1.29 is 4.74 Å². The summed E-state index contributed by atoms with van der Waals surface area (Å²) < 4.78 is 5.20. The average molecular weight is 272 g/mol. The van der Waals surface area contributed by atoms with Crippen molar-refractivity contribution in [1.29, 1.82) is 0 Å². The summed E-state index contributed by atoms with van der Waals surface area (Å²) >= 11 is 7.20. The molecule has 1 fully saturated rings. The van der Waals surface area contributed by atoms with Crippen molar-refractivity contribution in [3.05, 3.63) is 0 Å². The van der Waals surface area contributed by atoms with Crippen molar-refractivity contribution >= 4 is 31.9 Å². The molecule has 1 nitrogen and oxygen atoms in total. The molecule has 1 aliphatic heterocycles. The first-order valence-corrected chi connectivity index (χ1v) is 5.28. The quantitative estimate of drug-likeness (QED) is 0.702. The van der Waals surface area contributed by atoms with Crippen LogP contribution in [0.4, 0.5) is 0 Å². The minimum atomic E-state index is 0.333. The number of rotatable bonds is 2. The van der Waals surface area contributed by atoms with Crippen molar-refractivity contribution in [2.75, 3.05) is 13.2 Å². The molecular formula is C7H12Br2O. The van der Waals surface area contributed by atoms with Crippen LogP contribution in [-0.4, -0.2) is 22.9 Å². The van der Waals surface area contributed by atoms with Crippen molar-refractivity contribution in [2.45, 2.75) is 23.5 Å². The molecule has 1 saturated heterocycles. The number of hydrogen-bond donors (Lipinski definition) is 0. The maximum atomic E-state index is 5.20. The molecule has 0 aliphatic carbocycles. The molecule has 0 aromatic rings. The highest BCUT2D eigenvalue weighted by Gasteiger charge is 2.46. The zero-order chi connectivity index (χ0) is 7.78. The van der Waals surface area contributed by atoms with Crippen LogP contribution in [0.2, 0.25) is 0 Å². The van der Waals surface area contributed by atoms with Crippen LogP contribution in [-0.2, 0) is 4.74 Å². The predicted octanol–water partition coefficient (Wildman–Crippen LogP) is 2.57. The van der Waals surface area contributed by atoms with Crippen molar-refractivity contribution in [3.63, 3.8) is 0 Å². The van der Waals surface area contributed by atoms with Crippen molar-refractivity contribution in [2.24, 2.45) is 5.41 Å². The molecule has 0 aromatic heterocycles. The van der Waals surface area contributed by atoms with Crippen LogP contribution in [0, 0.1) is 5.41 Å². The topological polar surface area (TPSA) is 9.23 Å². The van der Waals surface area contributed by atoms with Crippen LogP contribution in [0.25, 0.3) is 0 Å². The highest BCUT2D eigenvalue weighted by Crippen LogP contribution is 2.42. The van der Waals surface area contributed by atoms with E-state index in [2.05, 4.69) is 45.7 Å². The van der Waals surface area contributed by atoms with Gasteiger partial charge in [0.25, 0.3) is 0 Å². The van der Waals surface area contributed by atoms with Crippen molar-refractivity contribution in [1.82, 2.24) is 0 Å². The molecule has 1 aliphatic rings. The van der Waals surface area contributed by atoms with Crippen LogP contribution >= 0.6 is 31.9 Å². The van der Waals surface area contributed by atoms with E-state index in [0.29, 0.717) is 15.1 Å². The Hall–Kier alpha value is 0.920. The van der Waals surface area contributed by atoms with E-state index in [-0.39, 0.29) is 0 Å². The fraction of sp³-hybridized carbons (Fsp3) is 1.00. The Labute approximate surface area is 78.8 Å². The third-order valence-electron chi connectivity index (χ3n) is 2.33. The molecule has 0 bridgehead atoms. The molecule has 1 rings (SSSR count). The molecule has 0 spiro atoms. The van der Waals surface area contributed by atoms with Gasteiger partial charge in [-0.1, -0.05) is 45.7 Å². The zero-order valence-electron chi connectivity index (χ0n) is 6.23. The van der Waals surface area contributed by atoms with Gasteiger partial charge in [0.1, 0.15) is 0 Å². The van der Waals surface area contributed by atoms with Crippen LogP contribution in [0.15, 0.2) is 0 Å². The van der Waals surface area contributed by atoms with Gasteiger partial charge < -0.3 is 4.74 Å². The molecule has 10 heavy (non-hydrogen) atoms. The molecule has 0 radical (unpaired) electrons. The minimum absolute atomic E-state index is 0.333. The Kier molecular flexibility index (Phi) is 2.81. The van der Waals surface area contributed by atoms with Gasteiger partial charge in [0.15, 0.2) is 0 Å². The first-order chi connectivity index (χ1) is 4.59. The van der Waals surface area contributed by atoms with E-state index in [9.17, 15) is 0 Å². The molecule has 3 heteroatoms. The van der Waals surface area contributed by atoms with Crippen LogP contribution in [0.5, 0.6) is 0 Å². The zero-order valence-corrected chi connectivity index (χ0v) is 9.41. The van der Waals surface area contributed by atoms with E-state index in [4.69, 9.17) is 4.74 Å². The van der Waals surface area contributed by atoms with Crippen LogP contribution in [0.3, 0.4) is 0 Å². The SMILES string of the molecule is CC(Br)C1(C(C)Br)COC1. The maximum Gasteiger partial charge on any atom is 0.0566 e. The molecule has 0 saturated carbocycles. The summed E-state index contributed by atoms with van der Waals surface area (Å²) in [5, 5.41) is 0. The van der Waals surface area contributed by atoms with E-state index in [1.165, 1.54) is 0 Å². The summed E-state index contributed by atoms with van der Waals surface area (Å²) in [6, 6.07) is 0. The van der Waals surface area contributed by atoms with E-state index < -0.39 is 0 Å². The van der Waals surface area contributed by atoms with Gasteiger partial charge in [0.05, 0.1) is 13.2 Å². The first kappa shape index (κ1) is 9.01. The molecule has 2 unspecified atom stereocenters. The third-order valence-corrected chi connectivity index (χ3v) is 4.15. The Morgan fingerprint density at radius 2 is 1.60 bits per heavy atom. The smallest absolute Gasteiger partial charge is 0.0566 e. The Balaban J connectivity index is 2.59. The largest absolute Gasteiger partial charge is 0.380 e. The van der Waals surface area contributed by atoms with E-state index >= 15 is 0 Å². The molecule has 0 amide bonds. The highest BCUT2D eigenvalue weighted by molar-refractivity contribution is 9.10. The van der Waals surface area contributed by atoms with E-state index in [0.717, 1.165) is 13.2 Å². The lowest BCUT2D eigenvalue weighted by Crippen LogP contribution is -2.53. The standard InChI is InChI=1S/C7H12Br2O/c1-5(8)7(6(2)9)3-10-4-7/h5-6H,3-4H2,1-2H3. The summed E-state index contributed by atoms with van der Waals surface area (Å²) in [5.41, 5.74) is 0.333. The summed E-state index contributed by atoms with van der Waals surface area (Å²) in [6.07, 6.45) is 0. The van der Waals surface area contributed by atoms with E-state index in [1.807, 2.05) is 0 Å². The summed E-state index contributed by atoms with van der Waals surface area (Å²) in [4.78, 5) is 1.06. The van der Waals surface area contributed by atoms with Crippen molar-refractivity contribution in [3.8, 4) is 0 Å². The van der Waals surface area contributed by atoms with Crippen LogP contribution in [0.1, 0.15) is 13.8 Å². The van der Waals surface area contributed by atoms with Gasteiger partial charge in [-0.25, -0.2) is 0 Å². The lowest BCUT2D eigenvalue weighted by Gasteiger charge is -2.46. The van der Waals surface area contributed by atoms with Gasteiger partial charge in [-0.05, 0) is 0 Å². The lowest BCUT2D eigenvalue weighted by molar-refractivity contribution is -0.107. The maximum absolute atomic E-state index is 5.20. The molecule has 1 heterocycles. The monoisotopic (exact) mass is 270 g/mol. The Morgan fingerprint density at radius 1 is 1.20 bits per heavy atom. The molecule has 60 valence electrons. The second-order valence-corrected chi connectivity index (χ2v) is 5.70. The van der Waals surface area contributed by atoms with Gasteiger partial charge in [-0.15, -0.1) is 0 Å². The number of alkyl halides is 2. The van der Waals surface area contributed by atoms with Gasteiger partial charge in [-0.2, -0.15) is 0 Å². The van der Waals surface area contributed by atoms with Gasteiger partial charge in [-0.3, -0.25) is 0 Å². The number of ether oxygens (including phenoxy) is 1. The van der Waals surface area contributed by atoms with Gasteiger partial charge >= 0.3 is 0 Å². The van der Waals surface area contributed by atoms with E-state index in [1.54, 1.807) is 0 Å². The summed E-state index contributed by atoms with van der Waals surface area (Å²) in [6.45, 7) is 6.12.